The lowest BCUT2D eigenvalue weighted by molar-refractivity contribution is 0.0944. The van der Waals surface area contributed by atoms with Crippen LogP contribution in [0.1, 0.15) is 37.7 Å². The first-order valence-electron chi connectivity index (χ1n) is 10.5. The van der Waals surface area contributed by atoms with Crippen LogP contribution in [0.4, 0.5) is 14.9 Å². The van der Waals surface area contributed by atoms with Crippen molar-refractivity contribution in [2.24, 2.45) is 0 Å². The summed E-state index contributed by atoms with van der Waals surface area (Å²) in [7, 11) is -3.68. The van der Waals surface area contributed by atoms with Crippen LogP contribution in [0.5, 0.6) is 0 Å². The van der Waals surface area contributed by atoms with Crippen molar-refractivity contribution in [3.63, 3.8) is 0 Å². The van der Waals surface area contributed by atoms with E-state index in [-0.39, 0.29) is 30.3 Å². The van der Waals surface area contributed by atoms with Gasteiger partial charge in [0.25, 0.3) is 11.8 Å². The van der Waals surface area contributed by atoms with E-state index in [0.717, 1.165) is 12.6 Å². The first-order valence-corrected chi connectivity index (χ1v) is 12.4. The highest BCUT2D eigenvalue weighted by Crippen LogP contribution is 2.11. The van der Waals surface area contributed by atoms with Crippen LogP contribution in [0.25, 0.3) is 0 Å². The number of halogens is 1. The Labute approximate surface area is 206 Å². The van der Waals surface area contributed by atoms with Gasteiger partial charge in [-0.1, -0.05) is 24.3 Å². The first-order chi connectivity index (χ1) is 17.0. The number of anilines is 1. The van der Waals surface area contributed by atoms with Gasteiger partial charge in [-0.15, -0.1) is 0 Å². The molecule has 2 aromatic carbocycles. The van der Waals surface area contributed by atoms with Gasteiger partial charge in [-0.3, -0.25) is 9.59 Å². The molecule has 188 valence electrons. The molecule has 0 bridgehead atoms. The van der Waals surface area contributed by atoms with Crippen LogP contribution >= 0.6 is 0 Å². The molecule has 0 spiro atoms. The highest BCUT2D eigenvalue weighted by molar-refractivity contribution is 7.89. The number of nitrogens with one attached hydrogen (secondary N) is 4. The molecule has 0 aliphatic heterocycles. The number of urea groups is 1. The van der Waals surface area contributed by atoms with Gasteiger partial charge in [0.2, 0.25) is 10.0 Å². The van der Waals surface area contributed by atoms with Crippen LogP contribution in [0.3, 0.4) is 0 Å². The zero-order valence-corrected chi connectivity index (χ0v) is 20.1. The Morgan fingerprint density at radius 3 is 1.97 bits per heavy atom. The summed E-state index contributed by atoms with van der Waals surface area (Å²) < 4.78 is 37.3. The van der Waals surface area contributed by atoms with E-state index in [1.165, 1.54) is 12.1 Å². The van der Waals surface area contributed by atoms with Gasteiger partial charge in [0.15, 0.2) is 0 Å². The number of carbonyl (C=O) groups is 3. The summed E-state index contributed by atoms with van der Waals surface area (Å²) in [6, 6.07) is 11.2. The van der Waals surface area contributed by atoms with Crippen molar-refractivity contribution in [3.8, 4) is 0 Å². The molecule has 4 amide bonds. The van der Waals surface area contributed by atoms with Crippen LogP contribution < -0.4 is 20.7 Å². The van der Waals surface area contributed by atoms with Gasteiger partial charge in [-0.2, -0.15) is 0 Å². The molecule has 4 N–H and O–H groups in total. The monoisotopic (exact) mass is 514 g/mol. The lowest BCUT2D eigenvalue weighted by atomic mass is 10.1. The number of benzene rings is 2. The number of rotatable bonds is 8. The molecule has 1 heterocycles. The van der Waals surface area contributed by atoms with Crippen molar-refractivity contribution in [2.45, 2.75) is 20.0 Å². The topological polar surface area (TPSA) is 159 Å². The van der Waals surface area contributed by atoms with Crippen LogP contribution in [0.15, 0.2) is 54.9 Å². The van der Waals surface area contributed by atoms with Crippen LogP contribution in [0, 0.1) is 12.7 Å². The zero-order valence-electron chi connectivity index (χ0n) is 19.3. The second kappa shape index (κ2) is 11.4. The maximum atomic E-state index is 13.4. The highest BCUT2D eigenvalue weighted by atomic mass is 32.2. The Hall–Kier alpha value is -4.39. The number of carbonyl (C=O) groups excluding carboxylic acids is 3. The summed E-state index contributed by atoms with van der Waals surface area (Å²) >= 11 is 0. The fourth-order valence-electron chi connectivity index (χ4n) is 3.00. The van der Waals surface area contributed by atoms with Gasteiger partial charge in [-0.25, -0.2) is 32.3 Å². The summed E-state index contributed by atoms with van der Waals surface area (Å²) in [5.74, 6) is -1.38. The molecular weight excluding hydrogens is 491 g/mol. The van der Waals surface area contributed by atoms with Gasteiger partial charge in [0, 0.05) is 24.8 Å². The minimum atomic E-state index is -3.68. The molecule has 0 atom stereocenters. The minimum Gasteiger partial charge on any atom is -0.347 e. The van der Waals surface area contributed by atoms with Crippen molar-refractivity contribution in [3.05, 3.63) is 88.8 Å². The van der Waals surface area contributed by atoms with Gasteiger partial charge in [-0.05, 0) is 41.8 Å². The molecule has 3 aromatic rings. The first kappa shape index (κ1) is 26.2. The number of amides is 4. The van der Waals surface area contributed by atoms with Crippen molar-refractivity contribution in [1.82, 2.24) is 25.3 Å². The molecule has 0 saturated heterocycles. The molecule has 0 radical (unpaired) electrons. The summed E-state index contributed by atoms with van der Waals surface area (Å²) in [6.07, 6.45) is 1.97. The Morgan fingerprint density at radius 2 is 1.42 bits per heavy atom. The number of sulfonamides is 1. The van der Waals surface area contributed by atoms with E-state index in [0.29, 0.717) is 22.4 Å². The summed E-state index contributed by atoms with van der Waals surface area (Å²) in [4.78, 5) is 44.3. The van der Waals surface area contributed by atoms with E-state index < -0.39 is 27.9 Å². The average molecular weight is 515 g/mol. The molecule has 11 nitrogen and oxygen atoms in total. The third kappa shape index (κ3) is 7.84. The fraction of sp³-hybridized carbons (Fsp3) is 0.174. The van der Waals surface area contributed by atoms with Crippen LogP contribution in [-0.2, 0) is 23.1 Å². The number of aromatic nitrogens is 2. The predicted octanol–water partition coefficient (Wildman–Crippen LogP) is 1.87. The van der Waals surface area contributed by atoms with E-state index >= 15 is 0 Å². The molecule has 0 unspecified atom stereocenters. The largest absolute Gasteiger partial charge is 0.347 e. The van der Waals surface area contributed by atoms with Gasteiger partial charge in [0.1, 0.15) is 23.5 Å². The Balaban J connectivity index is 1.53. The molecule has 0 aliphatic carbocycles. The highest BCUT2D eigenvalue weighted by Gasteiger charge is 2.14. The van der Waals surface area contributed by atoms with Crippen molar-refractivity contribution < 1.29 is 27.2 Å². The lowest BCUT2D eigenvalue weighted by Crippen LogP contribution is -2.33. The van der Waals surface area contributed by atoms with E-state index in [1.54, 1.807) is 48.0 Å². The van der Waals surface area contributed by atoms with E-state index in [9.17, 15) is 27.2 Å². The fourth-order valence-corrected chi connectivity index (χ4v) is 3.39. The van der Waals surface area contributed by atoms with E-state index in [4.69, 9.17) is 0 Å². The second-order valence-corrected chi connectivity index (χ2v) is 9.51. The zero-order chi connectivity index (χ0) is 26.3. The number of aryl methyl sites for hydroxylation is 1. The minimum absolute atomic E-state index is 0.00298. The van der Waals surface area contributed by atoms with Gasteiger partial charge in [0.05, 0.1) is 6.26 Å². The Bertz CT molecular complexity index is 1400. The molecule has 0 fully saturated rings. The number of nitrogens with zero attached hydrogens (tertiary/aromatic N) is 2. The van der Waals surface area contributed by atoms with Gasteiger partial charge < -0.3 is 16.0 Å². The maximum Gasteiger partial charge on any atom is 0.332 e. The Kier molecular flexibility index (Phi) is 8.27. The summed E-state index contributed by atoms with van der Waals surface area (Å²) in [5, 5.41) is 7.70. The Morgan fingerprint density at radius 1 is 0.861 bits per heavy atom. The van der Waals surface area contributed by atoms with Crippen LogP contribution in [-0.4, -0.2) is 42.5 Å². The molecule has 36 heavy (non-hydrogen) atoms. The normalized spacial score (nSPS) is 10.9. The lowest BCUT2D eigenvalue weighted by Gasteiger charge is -2.09. The third-order valence-corrected chi connectivity index (χ3v) is 5.31. The van der Waals surface area contributed by atoms with Crippen molar-refractivity contribution >= 4 is 33.6 Å². The summed E-state index contributed by atoms with van der Waals surface area (Å²) in [6.45, 7) is 1.91. The maximum absolute atomic E-state index is 13.4. The van der Waals surface area contributed by atoms with Crippen LogP contribution in [0.2, 0.25) is 0 Å². The molecule has 0 saturated carbocycles. The van der Waals surface area contributed by atoms with Gasteiger partial charge >= 0.3 is 6.03 Å². The average Bonchev–Trinajstić information content (AvgIpc) is 2.82. The second-order valence-electron chi connectivity index (χ2n) is 7.76. The molecule has 13 heteroatoms. The third-order valence-electron chi connectivity index (χ3n) is 4.75. The van der Waals surface area contributed by atoms with Crippen molar-refractivity contribution in [2.75, 3.05) is 11.6 Å². The van der Waals surface area contributed by atoms with E-state index in [2.05, 4.69) is 25.9 Å². The molecule has 0 aliphatic rings. The molecular formula is C23H23FN6O5S. The molecule has 3 rings (SSSR count). The standard InChI is InChI=1S/C23H23FN6O5S/c1-14-9-16(5-8-18(14)24)12-26-22(32)20-10-19(27-13-28-20)21(31)25-11-15-3-6-17(7-4-15)29-23(33)30-36(2,34)35/h3-10,13H,11-12H2,1-2H3,(H,25,31)(H,26,32)(H2,29,30,33). The predicted molar refractivity (Wildman–Crippen MR) is 129 cm³/mol. The van der Waals surface area contributed by atoms with E-state index in [1.807, 2.05) is 0 Å². The number of hydrogen-bond donors (Lipinski definition) is 4. The quantitative estimate of drug-likeness (QED) is 0.357. The number of hydrogen-bond acceptors (Lipinski definition) is 7. The SMILES string of the molecule is Cc1cc(CNC(=O)c2cc(C(=O)NCc3ccc(NC(=O)NS(C)(=O)=O)cc3)ncn2)ccc1F. The molecule has 1 aromatic heterocycles. The summed E-state index contributed by atoms with van der Waals surface area (Å²) in [5.41, 5.74) is 2.21. The smallest absolute Gasteiger partial charge is 0.332 e. The van der Waals surface area contributed by atoms with Crippen molar-refractivity contribution in [1.29, 1.82) is 0 Å².